The van der Waals surface area contributed by atoms with E-state index < -0.39 is 10.0 Å². The third-order valence-electron chi connectivity index (χ3n) is 5.36. The predicted molar refractivity (Wildman–Crippen MR) is 115 cm³/mol. The Labute approximate surface area is 177 Å². The quantitative estimate of drug-likeness (QED) is 0.706. The highest BCUT2D eigenvalue weighted by Gasteiger charge is 2.31. The standard InChI is InChI=1S/C22H27N3O4S/c1-16-12-19-13-20(10-11-21(19)25(16)17(2)26)30(28,29)24(4)15-22(27)23(3)14-18-8-6-5-7-9-18/h5-11,13,16H,12,14-15H2,1-4H3/t16-/m0/s1. The van der Waals surface area contributed by atoms with Crippen LogP contribution in [0.15, 0.2) is 53.4 Å². The largest absolute Gasteiger partial charge is 0.340 e. The summed E-state index contributed by atoms with van der Waals surface area (Å²) in [6.45, 7) is 3.59. The molecule has 0 aromatic heterocycles. The molecule has 0 saturated carbocycles. The van der Waals surface area contributed by atoms with Crippen molar-refractivity contribution in [3.8, 4) is 0 Å². The lowest BCUT2D eigenvalue weighted by Gasteiger charge is -2.23. The maximum absolute atomic E-state index is 13.0. The minimum absolute atomic E-state index is 0.0126. The first kappa shape index (κ1) is 22.0. The number of fused-ring (bicyclic) bond motifs is 1. The Bertz CT molecular complexity index is 1050. The molecule has 1 aliphatic heterocycles. The number of carbonyl (C=O) groups is 2. The fraction of sp³-hybridized carbons (Fsp3) is 0.364. The summed E-state index contributed by atoms with van der Waals surface area (Å²) in [5.74, 6) is -0.358. The van der Waals surface area contributed by atoms with Crippen LogP contribution in [0.5, 0.6) is 0 Å². The molecule has 2 amide bonds. The molecular weight excluding hydrogens is 402 g/mol. The highest BCUT2D eigenvalue weighted by Crippen LogP contribution is 2.34. The van der Waals surface area contributed by atoms with Gasteiger partial charge in [-0.1, -0.05) is 30.3 Å². The zero-order valence-corrected chi connectivity index (χ0v) is 18.5. The Morgan fingerprint density at radius 2 is 1.77 bits per heavy atom. The molecular formula is C22H27N3O4S. The van der Waals surface area contributed by atoms with Crippen LogP contribution in [0, 0.1) is 0 Å². The number of nitrogens with zero attached hydrogens (tertiary/aromatic N) is 3. The summed E-state index contributed by atoms with van der Waals surface area (Å²) in [4.78, 5) is 27.8. The van der Waals surface area contributed by atoms with Crippen LogP contribution < -0.4 is 4.90 Å². The first-order chi connectivity index (χ1) is 14.1. The molecule has 0 bridgehead atoms. The van der Waals surface area contributed by atoms with Gasteiger partial charge >= 0.3 is 0 Å². The molecule has 30 heavy (non-hydrogen) atoms. The smallest absolute Gasteiger partial charge is 0.243 e. The van der Waals surface area contributed by atoms with Crippen LogP contribution in [-0.2, 0) is 32.6 Å². The van der Waals surface area contributed by atoms with Gasteiger partial charge in [0.2, 0.25) is 21.8 Å². The van der Waals surface area contributed by atoms with E-state index in [2.05, 4.69) is 0 Å². The number of hydrogen-bond donors (Lipinski definition) is 0. The number of sulfonamides is 1. The normalized spacial score (nSPS) is 15.9. The van der Waals surface area contributed by atoms with Gasteiger partial charge in [0.15, 0.2) is 0 Å². The highest BCUT2D eigenvalue weighted by atomic mass is 32.2. The lowest BCUT2D eigenvalue weighted by molar-refractivity contribution is -0.130. The molecule has 0 unspecified atom stereocenters. The average molecular weight is 430 g/mol. The predicted octanol–water partition coefficient (Wildman–Crippen LogP) is 2.26. The molecule has 0 spiro atoms. The first-order valence-corrected chi connectivity index (χ1v) is 11.2. The third kappa shape index (κ3) is 4.39. The molecule has 0 N–H and O–H groups in total. The van der Waals surface area contributed by atoms with Gasteiger partial charge in [-0.3, -0.25) is 9.59 Å². The fourth-order valence-electron chi connectivity index (χ4n) is 3.77. The number of benzene rings is 2. The van der Waals surface area contributed by atoms with Crippen LogP contribution >= 0.6 is 0 Å². The van der Waals surface area contributed by atoms with E-state index >= 15 is 0 Å². The molecule has 8 heteroatoms. The maximum atomic E-state index is 13.0. The first-order valence-electron chi connectivity index (χ1n) is 9.78. The number of amides is 2. The number of likely N-dealkylation sites (N-methyl/N-ethyl adjacent to an activating group) is 2. The van der Waals surface area contributed by atoms with Gasteiger partial charge in [-0.05, 0) is 42.7 Å². The lowest BCUT2D eigenvalue weighted by atomic mass is 10.1. The molecule has 0 radical (unpaired) electrons. The van der Waals surface area contributed by atoms with Crippen LogP contribution in [-0.4, -0.2) is 56.1 Å². The number of rotatable bonds is 6. The topological polar surface area (TPSA) is 78.0 Å². The van der Waals surface area contributed by atoms with Crippen molar-refractivity contribution in [1.29, 1.82) is 0 Å². The molecule has 1 aliphatic rings. The zero-order chi connectivity index (χ0) is 22.1. The van der Waals surface area contributed by atoms with Crippen molar-refractivity contribution in [2.24, 2.45) is 0 Å². The fourth-order valence-corrected chi connectivity index (χ4v) is 4.94. The summed E-state index contributed by atoms with van der Waals surface area (Å²) in [7, 11) is -0.775. The van der Waals surface area contributed by atoms with E-state index in [9.17, 15) is 18.0 Å². The van der Waals surface area contributed by atoms with Gasteiger partial charge in [0, 0.05) is 39.3 Å². The van der Waals surface area contributed by atoms with Crippen LogP contribution in [0.3, 0.4) is 0 Å². The molecule has 160 valence electrons. The minimum Gasteiger partial charge on any atom is -0.340 e. The Kier molecular flexibility index (Phi) is 6.28. The molecule has 1 atom stereocenters. The molecule has 1 heterocycles. The Morgan fingerprint density at radius 3 is 2.40 bits per heavy atom. The molecule has 2 aromatic carbocycles. The van der Waals surface area contributed by atoms with Crippen molar-refractivity contribution in [2.75, 3.05) is 25.5 Å². The van der Waals surface area contributed by atoms with Crippen molar-refractivity contribution in [1.82, 2.24) is 9.21 Å². The Morgan fingerprint density at radius 1 is 1.10 bits per heavy atom. The Balaban J connectivity index is 1.73. The van der Waals surface area contributed by atoms with Crippen LogP contribution in [0.25, 0.3) is 0 Å². The van der Waals surface area contributed by atoms with E-state index in [4.69, 9.17) is 0 Å². The van der Waals surface area contributed by atoms with Crippen LogP contribution in [0.2, 0.25) is 0 Å². The van der Waals surface area contributed by atoms with E-state index in [1.807, 2.05) is 37.3 Å². The second-order valence-corrected chi connectivity index (χ2v) is 9.77. The summed E-state index contributed by atoms with van der Waals surface area (Å²) >= 11 is 0. The van der Waals surface area contributed by atoms with E-state index in [1.165, 1.54) is 24.9 Å². The molecule has 3 rings (SSSR count). The van der Waals surface area contributed by atoms with Gasteiger partial charge < -0.3 is 9.80 Å². The van der Waals surface area contributed by atoms with Crippen LogP contribution in [0.4, 0.5) is 5.69 Å². The summed E-state index contributed by atoms with van der Waals surface area (Å²) in [5.41, 5.74) is 2.54. The van der Waals surface area contributed by atoms with Gasteiger partial charge in [-0.15, -0.1) is 0 Å². The third-order valence-corrected chi connectivity index (χ3v) is 7.16. The van der Waals surface area contributed by atoms with Gasteiger partial charge in [0.25, 0.3) is 0 Å². The van der Waals surface area contributed by atoms with E-state index in [1.54, 1.807) is 24.1 Å². The number of anilines is 1. The average Bonchev–Trinajstić information content (AvgIpc) is 3.03. The molecule has 0 saturated heterocycles. The van der Waals surface area contributed by atoms with Gasteiger partial charge in [-0.25, -0.2) is 8.42 Å². The van der Waals surface area contributed by atoms with Gasteiger partial charge in [0.05, 0.1) is 11.4 Å². The minimum atomic E-state index is -3.83. The van der Waals surface area contributed by atoms with Crippen molar-refractivity contribution in [2.45, 2.75) is 37.8 Å². The molecule has 0 fully saturated rings. The summed E-state index contributed by atoms with van der Waals surface area (Å²) in [6.07, 6.45) is 0.598. The van der Waals surface area contributed by atoms with Crippen molar-refractivity contribution >= 4 is 27.5 Å². The molecule has 2 aromatic rings. The zero-order valence-electron chi connectivity index (χ0n) is 17.7. The second kappa shape index (κ2) is 8.57. The van der Waals surface area contributed by atoms with Gasteiger partial charge in [0.1, 0.15) is 0 Å². The van der Waals surface area contributed by atoms with Gasteiger partial charge in [-0.2, -0.15) is 4.31 Å². The summed E-state index contributed by atoms with van der Waals surface area (Å²) < 4.78 is 27.1. The van der Waals surface area contributed by atoms with E-state index in [0.717, 1.165) is 21.1 Å². The summed E-state index contributed by atoms with van der Waals surface area (Å²) in [6, 6.07) is 14.3. The SMILES string of the molecule is CC(=O)N1c2ccc(S(=O)(=O)N(C)CC(=O)N(C)Cc3ccccc3)cc2C[C@@H]1C. The van der Waals surface area contributed by atoms with Crippen molar-refractivity contribution in [3.63, 3.8) is 0 Å². The number of hydrogen-bond acceptors (Lipinski definition) is 4. The number of carbonyl (C=O) groups excluding carboxylic acids is 2. The Hall–Kier alpha value is -2.71. The monoisotopic (exact) mass is 429 g/mol. The molecule has 0 aliphatic carbocycles. The lowest BCUT2D eigenvalue weighted by Crippen LogP contribution is -2.39. The highest BCUT2D eigenvalue weighted by molar-refractivity contribution is 7.89. The van der Waals surface area contributed by atoms with E-state index in [0.29, 0.717) is 13.0 Å². The van der Waals surface area contributed by atoms with Crippen molar-refractivity contribution in [3.05, 3.63) is 59.7 Å². The summed E-state index contributed by atoms with van der Waals surface area (Å²) in [5, 5.41) is 0. The van der Waals surface area contributed by atoms with Crippen molar-refractivity contribution < 1.29 is 18.0 Å². The van der Waals surface area contributed by atoms with Crippen LogP contribution in [0.1, 0.15) is 25.0 Å². The second-order valence-electron chi connectivity index (χ2n) is 7.73. The molecule has 7 nitrogen and oxygen atoms in total. The maximum Gasteiger partial charge on any atom is 0.243 e. The van der Waals surface area contributed by atoms with E-state index in [-0.39, 0.29) is 29.3 Å².